The highest BCUT2D eigenvalue weighted by atomic mass is 31.2. The van der Waals surface area contributed by atoms with E-state index in [1.54, 1.807) is 0 Å². The van der Waals surface area contributed by atoms with Gasteiger partial charge >= 0.3 is 13.8 Å². The molecule has 0 fully saturated rings. The van der Waals surface area contributed by atoms with Crippen LogP contribution in [0.1, 0.15) is 149 Å². The molecular weight excluding hydrogens is 697 g/mol. The first-order valence-corrected chi connectivity index (χ1v) is 22.7. The van der Waals surface area contributed by atoms with Crippen LogP contribution in [0.5, 0.6) is 0 Å². The summed E-state index contributed by atoms with van der Waals surface area (Å²) in [6, 6.07) is 0. The zero-order chi connectivity index (χ0) is 39.9. The van der Waals surface area contributed by atoms with Gasteiger partial charge < -0.3 is 18.9 Å². The van der Waals surface area contributed by atoms with Crippen LogP contribution in [0.3, 0.4) is 0 Å². The predicted octanol–water partition coefficient (Wildman–Crippen LogP) is 12.3. The van der Waals surface area contributed by atoms with Crippen molar-refractivity contribution in [2.45, 2.75) is 155 Å². The summed E-state index contributed by atoms with van der Waals surface area (Å²) >= 11 is 0. The molecule has 0 aliphatic carbocycles. The Morgan fingerprint density at radius 3 is 1.61 bits per heavy atom. The van der Waals surface area contributed by atoms with E-state index in [1.165, 1.54) is 44.9 Å². The molecule has 0 aromatic rings. The van der Waals surface area contributed by atoms with Crippen LogP contribution in [0, 0.1) is 0 Å². The molecular formula is C45H81NO7P+. The van der Waals surface area contributed by atoms with Crippen LogP contribution in [-0.4, -0.2) is 75.6 Å². The van der Waals surface area contributed by atoms with E-state index in [2.05, 4.69) is 86.8 Å². The maximum Gasteiger partial charge on any atom is 0.472 e. The monoisotopic (exact) mass is 779 g/mol. The Balaban J connectivity index is 4.25. The number of rotatable bonds is 38. The summed E-state index contributed by atoms with van der Waals surface area (Å²) in [6.07, 6.45) is 47.9. The molecule has 0 spiro atoms. The van der Waals surface area contributed by atoms with Gasteiger partial charge in [-0.15, -0.1) is 0 Å². The predicted molar refractivity (Wildman–Crippen MR) is 228 cm³/mol. The number of quaternary nitrogens is 1. The van der Waals surface area contributed by atoms with Gasteiger partial charge in [-0.2, -0.15) is 0 Å². The van der Waals surface area contributed by atoms with E-state index in [9.17, 15) is 14.3 Å². The number of hydrogen-bond donors (Lipinski definition) is 1. The Hall–Kier alpha value is -2.06. The Labute approximate surface area is 332 Å². The van der Waals surface area contributed by atoms with Crippen LogP contribution in [0.2, 0.25) is 0 Å². The molecule has 0 heterocycles. The highest BCUT2D eigenvalue weighted by Crippen LogP contribution is 2.43. The van der Waals surface area contributed by atoms with Crippen molar-refractivity contribution in [3.8, 4) is 0 Å². The topological polar surface area (TPSA) is 91.3 Å². The number of phosphoric acid groups is 1. The number of hydrogen-bond acceptors (Lipinski definition) is 6. The highest BCUT2D eigenvalue weighted by Gasteiger charge is 2.26. The van der Waals surface area contributed by atoms with E-state index in [4.69, 9.17) is 18.5 Å². The van der Waals surface area contributed by atoms with Gasteiger partial charge in [0.25, 0.3) is 0 Å². The fraction of sp³-hybridized carbons (Fsp3) is 0.711. The smallest absolute Gasteiger partial charge is 0.457 e. The summed E-state index contributed by atoms with van der Waals surface area (Å²) in [6.45, 7) is 5.44. The molecule has 2 atom stereocenters. The molecule has 0 saturated carbocycles. The number of ether oxygens (including phenoxy) is 2. The van der Waals surface area contributed by atoms with Crippen molar-refractivity contribution in [1.82, 2.24) is 0 Å². The maximum absolute atomic E-state index is 12.7. The molecule has 2 unspecified atom stereocenters. The van der Waals surface area contributed by atoms with Crippen molar-refractivity contribution in [2.24, 2.45) is 0 Å². The maximum atomic E-state index is 12.7. The van der Waals surface area contributed by atoms with Crippen molar-refractivity contribution in [3.63, 3.8) is 0 Å². The number of unbranched alkanes of at least 4 members (excludes halogenated alkanes) is 12. The van der Waals surface area contributed by atoms with Gasteiger partial charge in [-0.3, -0.25) is 13.8 Å². The van der Waals surface area contributed by atoms with Crippen LogP contribution >= 0.6 is 7.82 Å². The molecule has 0 bridgehead atoms. The Kier molecular flexibility index (Phi) is 36.4. The summed E-state index contributed by atoms with van der Waals surface area (Å²) in [5.74, 6) is -0.342. The lowest BCUT2D eigenvalue weighted by molar-refractivity contribution is -0.870. The molecule has 8 nitrogen and oxygen atoms in total. The first kappa shape index (κ1) is 51.9. The van der Waals surface area contributed by atoms with Crippen LogP contribution in [0.25, 0.3) is 0 Å². The number of likely N-dealkylation sites (N-methyl/N-ethyl adjacent to an activating group) is 1. The van der Waals surface area contributed by atoms with Gasteiger partial charge in [0.2, 0.25) is 0 Å². The number of allylic oxidation sites excluding steroid dienone is 12. The molecule has 9 heteroatoms. The van der Waals surface area contributed by atoms with Crippen LogP contribution in [0.4, 0.5) is 0 Å². The molecule has 0 radical (unpaired) electrons. The molecule has 54 heavy (non-hydrogen) atoms. The quantitative estimate of drug-likeness (QED) is 0.0219. The minimum atomic E-state index is -4.28. The molecule has 0 rings (SSSR count). The minimum absolute atomic E-state index is 0.0803. The molecule has 0 aliphatic rings. The number of phosphoric ester groups is 1. The fourth-order valence-electron chi connectivity index (χ4n) is 5.26. The second-order valence-electron chi connectivity index (χ2n) is 15.0. The van der Waals surface area contributed by atoms with Crippen LogP contribution in [0.15, 0.2) is 72.9 Å². The summed E-state index contributed by atoms with van der Waals surface area (Å²) < 4.78 is 34.8. The molecule has 0 saturated heterocycles. The zero-order valence-corrected chi connectivity index (χ0v) is 36.1. The molecule has 1 N–H and O–H groups in total. The molecule has 0 aromatic heterocycles. The fourth-order valence-corrected chi connectivity index (χ4v) is 6.00. The van der Waals surface area contributed by atoms with Gasteiger partial charge in [0.1, 0.15) is 19.3 Å². The average molecular weight is 779 g/mol. The highest BCUT2D eigenvalue weighted by molar-refractivity contribution is 7.47. The van der Waals surface area contributed by atoms with E-state index < -0.39 is 13.9 Å². The SMILES string of the molecule is CC/C=C\C/C=C\C/C=C\C/C=C\C/C=C\C/C=C\CCCCCCC(=O)OC(COCCCCCCCCCCC)COP(=O)(O)OCC[N+](C)(C)C. The summed E-state index contributed by atoms with van der Waals surface area (Å²) in [5.41, 5.74) is 0. The Bertz CT molecular complexity index is 1090. The molecule has 0 amide bonds. The Morgan fingerprint density at radius 2 is 1.07 bits per heavy atom. The second kappa shape index (κ2) is 37.8. The van der Waals surface area contributed by atoms with Gasteiger partial charge in [0.15, 0.2) is 0 Å². The van der Waals surface area contributed by atoms with Gasteiger partial charge in [-0.05, 0) is 64.2 Å². The van der Waals surface area contributed by atoms with E-state index in [0.717, 1.165) is 83.5 Å². The van der Waals surface area contributed by atoms with Crippen molar-refractivity contribution < 1.29 is 37.3 Å². The summed E-state index contributed by atoms with van der Waals surface area (Å²) in [7, 11) is 1.64. The van der Waals surface area contributed by atoms with Gasteiger partial charge in [-0.25, -0.2) is 4.57 Å². The normalized spacial score (nSPS) is 14.6. The minimum Gasteiger partial charge on any atom is -0.457 e. The van der Waals surface area contributed by atoms with E-state index in [-0.39, 0.29) is 25.8 Å². The third-order valence-electron chi connectivity index (χ3n) is 8.53. The molecule has 0 aliphatic heterocycles. The largest absolute Gasteiger partial charge is 0.472 e. The van der Waals surface area contributed by atoms with Crippen molar-refractivity contribution in [1.29, 1.82) is 0 Å². The van der Waals surface area contributed by atoms with Crippen LogP contribution < -0.4 is 0 Å². The van der Waals surface area contributed by atoms with Gasteiger partial charge in [-0.1, -0.05) is 151 Å². The van der Waals surface area contributed by atoms with E-state index in [1.807, 2.05) is 21.1 Å². The zero-order valence-electron chi connectivity index (χ0n) is 35.2. The van der Waals surface area contributed by atoms with E-state index in [0.29, 0.717) is 24.1 Å². The number of carbonyl (C=O) groups excluding carboxylic acids is 1. The first-order chi connectivity index (χ1) is 26.1. The molecule has 0 aromatic carbocycles. The first-order valence-electron chi connectivity index (χ1n) is 21.2. The van der Waals surface area contributed by atoms with Gasteiger partial charge in [0.05, 0.1) is 34.4 Å². The van der Waals surface area contributed by atoms with Crippen molar-refractivity contribution in [2.75, 3.05) is 54.1 Å². The van der Waals surface area contributed by atoms with Crippen LogP contribution in [-0.2, 0) is 27.9 Å². The summed E-state index contributed by atoms with van der Waals surface area (Å²) in [4.78, 5) is 22.8. The standard InChI is InChI=1S/C45H80NO7P/c1-6-8-10-12-14-16-17-18-19-20-21-22-23-24-25-26-27-28-29-30-32-34-36-38-45(47)53-44(43-52-54(48,49)51-41-39-46(3,4)5)42-50-40-37-35-33-31-15-13-11-9-7-2/h8,10,14,16,18-19,21-22,24-25,27-28,44H,6-7,9,11-13,15,17,20,23,26,29-43H2,1-5H3/p+1/b10-8-,16-14-,19-18-,22-21-,25-24-,28-27-. The number of nitrogens with zero attached hydrogens (tertiary/aromatic N) is 1. The lowest BCUT2D eigenvalue weighted by Gasteiger charge is -2.24. The van der Waals surface area contributed by atoms with Crippen molar-refractivity contribution >= 4 is 13.8 Å². The third kappa shape index (κ3) is 41.1. The Morgan fingerprint density at radius 1 is 0.593 bits per heavy atom. The average Bonchev–Trinajstić information content (AvgIpc) is 3.12. The number of carbonyl (C=O) groups is 1. The van der Waals surface area contributed by atoms with E-state index >= 15 is 0 Å². The third-order valence-corrected chi connectivity index (χ3v) is 9.52. The molecule has 312 valence electrons. The lowest BCUT2D eigenvalue weighted by Crippen LogP contribution is -2.37. The summed E-state index contributed by atoms with van der Waals surface area (Å²) in [5, 5.41) is 0. The van der Waals surface area contributed by atoms with Crippen molar-refractivity contribution in [3.05, 3.63) is 72.9 Å². The lowest BCUT2D eigenvalue weighted by atomic mass is 10.1. The number of esters is 1. The second-order valence-corrected chi connectivity index (χ2v) is 16.4. The van der Waals surface area contributed by atoms with Gasteiger partial charge in [0, 0.05) is 13.0 Å².